The monoisotopic (exact) mass is 357 g/mol. The molecular formula is C16H20ClNO4S. The molecule has 0 spiro atoms. The largest absolute Gasteiger partial charge is 0.381 e. The van der Waals surface area contributed by atoms with E-state index >= 15 is 0 Å². The molecule has 5 nitrogen and oxygen atoms in total. The van der Waals surface area contributed by atoms with Crippen molar-refractivity contribution in [2.24, 2.45) is 5.92 Å². The predicted octanol–water partition coefficient (Wildman–Crippen LogP) is 2.06. The van der Waals surface area contributed by atoms with Crippen LogP contribution in [0, 0.1) is 5.92 Å². The van der Waals surface area contributed by atoms with Crippen molar-refractivity contribution in [3.05, 3.63) is 34.9 Å². The number of carbonyl (C=O) groups excluding carboxylic acids is 1. The molecule has 1 amide bonds. The molecule has 2 aliphatic heterocycles. The minimum atomic E-state index is -3.34. The van der Waals surface area contributed by atoms with Crippen LogP contribution in [-0.4, -0.2) is 51.3 Å². The number of halogens is 1. The van der Waals surface area contributed by atoms with Gasteiger partial charge in [-0.05, 0) is 24.5 Å². The lowest BCUT2D eigenvalue weighted by Crippen LogP contribution is -2.38. The Labute approximate surface area is 141 Å². The smallest absolute Gasteiger partial charge is 0.228 e. The lowest BCUT2D eigenvalue weighted by molar-refractivity contribution is -0.135. The molecule has 126 valence electrons. The Bertz CT molecular complexity index is 685. The third kappa shape index (κ3) is 3.54. The Kier molecular flexibility index (Phi) is 4.94. The molecule has 2 saturated heterocycles. The molecular weight excluding hydrogens is 338 g/mol. The van der Waals surface area contributed by atoms with Gasteiger partial charge in [0.1, 0.15) is 0 Å². The fraction of sp³-hybridized carbons (Fsp3) is 0.562. The quantitative estimate of drug-likeness (QED) is 0.812. The summed E-state index contributed by atoms with van der Waals surface area (Å²) in [5, 5.41) is -0.182. The van der Waals surface area contributed by atoms with Crippen LogP contribution in [0.15, 0.2) is 24.3 Å². The number of benzene rings is 1. The van der Waals surface area contributed by atoms with E-state index in [4.69, 9.17) is 16.3 Å². The van der Waals surface area contributed by atoms with Gasteiger partial charge < -0.3 is 9.64 Å². The fourth-order valence-electron chi connectivity index (χ4n) is 3.24. The van der Waals surface area contributed by atoms with E-state index in [0.29, 0.717) is 36.8 Å². The molecule has 1 aromatic carbocycles. The summed E-state index contributed by atoms with van der Waals surface area (Å²) in [5.41, 5.74) is 0.632. The fourth-order valence-corrected chi connectivity index (χ4v) is 5.39. The van der Waals surface area contributed by atoms with Crippen molar-refractivity contribution in [3.8, 4) is 0 Å². The summed E-state index contributed by atoms with van der Waals surface area (Å²) >= 11 is 6.18. The zero-order valence-corrected chi connectivity index (χ0v) is 14.4. The maximum Gasteiger partial charge on any atom is 0.228 e. The van der Waals surface area contributed by atoms with Crippen molar-refractivity contribution in [1.82, 2.24) is 4.90 Å². The standard InChI is InChI=1S/C16H20ClNO4S/c17-14-4-2-1-3-13(14)15-5-7-18(8-10-23(15,20)21)16(19)12-6-9-22-11-12/h1-4,12,15H,5-11H2/t12-,15-/m1/s1. The second-order valence-corrected chi connectivity index (χ2v) is 8.76. The van der Waals surface area contributed by atoms with Gasteiger partial charge in [-0.1, -0.05) is 29.8 Å². The van der Waals surface area contributed by atoms with Gasteiger partial charge in [0.2, 0.25) is 5.91 Å². The SMILES string of the molecule is O=C([C@@H]1CCOC1)N1CC[C@H](c2ccccc2Cl)S(=O)(=O)CC1. The highest BCUT2D eigenvalue weighted by Crippen LogP contribution is 2.34. The van der Waals surface area contributed by atoms with Crippen LogP contribution in [0.2, 0.25) is 5.02 Å². The molecule has 0 radical (unpaired) electrons. The van der Waals surface area contributed by atoms with Crippen LogP contribution in [0.1, 0.15) is 23.7 Å². The van der Waals surface area contributed by atoms with E-state index in [1.807, 2.05) is 0 Å². The zero-order chi connectivity index (χ0) is 16.4. The molecule has 1 aromatic rings. The molecule has 2 fully saturated rings. The van der Waals surface area contributed by atoms with Gasteiger partial charge in [-0.15, -0.1) is 0 Å². The first-order chi connectivity index (χ1) is 11.0. The van der Waals surface area contributed by atoms with Crippen molar-refractivity contribution in [1.29, 1.82) is 0 Å². The van der Waals surface area contributed by atoms with Gasteiger partial charge >= 0.3 is 0 Å². The minimum Gasteiger partial charge on any atom is -0.381 e. The Morgan fingerprint density at radius 3 is 2.70 bits per heavy atom. The molecule has 2 aliphatic rings. The summed E-state index contributed by atoms with van der Waals surface area (Å²) < 4.78 is 30.5. The molecule has 0 aliphatic carbocycles. The first kappa shape index (κ1) is 16.7. The average Bonchev–Trinajstić information content (AvgIpc) is 3.00. The van der Waals surface area contributed by atoms with Crippen molar-refractivity contribution in [2.75, 3.05) is 32.1 Å². The summed E-state index contributed by atoms with van der Waals surface area (Å²) in [7, 11) is -3.34. The molecule has 0 bridgehead atoms. The first-order valence-electron chi connectivity index (χ1n) is 7.81. The molecule has 7 heteroatoms. The molecule has 2 atom stereocenters. The Morgan fingerprint density at radius 1 is 1.22 bits per heavy atom. The summed E-state index contributed by atoms with van der Waals surface area (Å²) in [4.78, 5) is 14.2. The van der Waals surface area contributed by atoms with Crippen LogP contribution in [0.5, 0.6) is 0 Å². The van der Waals surface area contributed by atoms with Gasteiger partial charge in [-0.25, -0.2) is 8.42 Å². The van der Waals surface area contributed by atoms with Gasteiger partial charge in [-0.3, -0.25) is 4.79 Å². The van der Waals surface area contributed by atoms with E-state index in [0.717, 1.165) is 6.42 Å². The van der Waals surface area contributed by atoms with E-state index in [2.05, 4.69) is 0 Å². The van der Waals surface area contributed by atoms with Gasteiger partial charge in [-0.2, -0.15) is 0 Å². The second-order valence-electron chi connectivity index (χ2n) is 6.05. The normalized spacial score (nSPS) is 27.6. The van der Waals surface area contributed by atoms with Gasteiger partial charge in [0.15, 0.2) is 9.84 Å². The maximum atomic E-state index is 12.6. The number of amides is 1. The second kappa shape index (κ2) is 6.79. The topological polar surface area (TPSA) is 63.7 Å². The maximum absolute atomic E-state index is 12.6. The Hall–Kier alpha value is -1.11. The first-order valence-corrected chi connectivity index (χ1v) is 9.91. The predicted molar refractivity (Wildman–Crippen MR) is 88.1 cm³/mol. The molecule has 23 heavy (non-hydrogen) atoms. The zero-order valence-electron chi connectivity index (χ0n) is 12.8. The van der Waals surface area contributed by atoms with Gasteiger partial charge in [0.25, 0.3) is 0 Å². The van der Waals surface area contributed by atoms with E-state index in [-0.39, 0.29) is 24.1 Å². The summed E-state index contributed by atoms with van der Waals surface area (Å²) in [6.45, 7) is 1.73. The van der Waals surface area contributed by atoms with Crippen LogP contribution in [0.4, 0.5) is 0 Å². The van der Waals surface area contributed by atoms with E-state index in [1.165, 1.54) is 0 Å². The minimum absolute atomic E-state index is 0.0116. The van der Waals surface area contributed by atoms with Crippen LogP contribution in [-0.2, 0) is 19.4 Å². The number of hydrogen-bond donors (Lipinski definition) is 0. The number of hydrogen-bond acceptors (Lipinski definition) is 4. The molecule has 0 unspecified atom stereocenters. The van der Waals surface area contributed by atoms with Crippen molar-refractivity contribution < 1.29 is 17.9 Å². The molecule has 2 heterocycles. The van der Waals surface area contributed by atoms with E-state index in [1.54, 1.807) is 29.2 Å². The molecule has 3 rings (SSSR count). The third-order valence-electron chi connectivity index (χ3n) is 4.58. The van der Waals surface area contributed by atoms with Crippen LogP contribution >= 0.6 is 11.6 Å². The van der Waals surface area contributed by atoms with Crippen LogP contribution in [0.25, 0.3) is 0 Å². The summed E-state index contributed by atoms with van der Waals surface area (Å²) in [6.07, 6.45) is 1.10. The highest BCUT2D eigenvalue weighted by molar-refractivity contribution is 7.91. The highest BCUT2D eigenvalue weighted by Gasteiger charge is 2.36. The average molecular weight is 358 g/mol. The molecule has 0 saturated carbocycles. The van der Waals surface area contributed by atoms with E-state index in [9.17, 15) is 13.2 Å². The lowest BCUT2D eigenvalue weighted by atomic mass is 10.1. The van der Waals surface area contributed by atoms with E-state index < -0.39 is 15.1 Å². The number of rotatable bonds is 2. The third-order valence-corrected chi connectivity index (χ3v) is 7.04. The van der Waals surface area contributed by atoms with Crippen LogP contribution in [0.3, 0.4) is 0 Å². The number of sulfone groups is 1. The Morgan fingerprint density at radius 2 is 2.00 bits per heavy atom. The summed E-state index contributed by atoms with van der Waals surface area (Å²) in [6, 6.07) is 7.04. The summed E-state index contributed by atoms with van der Waals surface area (Å²) in [5.74, 6) is -0.144. The molecule has 0 aromatic heterocycles. The van der Waals surface area contributed by atoms with Gasteiger partial charge in [0.05, 0.1) is 23.5 Å². The van der Waals surface area contributed by atoms with Crippen molar-refractivity contribution in [2.45, 2.75) is 18.1 Å². The van der Waals surface area contributed by atoms with Crippen molar-refractivity contribution in [3.63, 3.8) is 0 Å². The Balaban J connectivity index is 1.80. The number of ether oxygens (including phenoxy) is 1. The van der Waals surface area contributed by atoms with Crippen molar-refractivity contribution >= 4 is 27.3 Å². The van der Waals surface area contributed by atoms with Crippen LogP contribution < -0.4 is 0 Å². The van der Waals surface area contributed by atoms with Gasteiger partial charge in [0, 0.05) is 24.7 Å². The number of nitrogens with zero attached hydrogens (tertiary/aromatic N) is 1. The molecule has 0 N–H and O–H groups in total. The number of carbonyl (C=O) groups is 1. The lowest BCUT2D eigenvalue weighted by Gasteiger charge is -2.22. The highest BCUT2D eigenvalue weighted by atomic mass is 35.5.